The molecule has 0 heterocycles. The second kappa shape index (κ2) is 101. The lowest BCUT2D eigenvalue weighted by Crippen LogP contribution is -2.30. The number of hydrogen-bond donors (Lipinski definition) is 4. The number of unbranched alkanes of at least 4 members (excludes halogenated alkanes) is 42. The van der Waals surface area contributed by atoms with Gasteiger partial charge in [0.25, 0.3) is 0 Å². The summed E-state index contributed by atoms with van der Waals surface area (Å²) in [6, 6.07) is 0. The van der Waals surface area contributed by atoms with Crippen LogP contribution in [0.15, 0.2) is 194 Å². The lowest BCUT2D eigenvalue weighted by atomic mass is 10.0. The quantitative estimate of drug-likeness (QED) is 0.0146. The Hall–Kier alpha value is -5.61. The molecule has 5 atom stereocenters. The molecule has 738 valence electrons. The zero-order valence-electron chi connectivity index (χ0n) is 81.8. The largest absolute Gasteiger partial charge is 0.472 e. The summed E-state index contributed by atoms with van der Waals surface area (Å²) in [4.78, 5) is 59.2. The summed E-state index contributed by atoms with van der Waals surface area (Å²) in [5, 5.41) is 20.8. The van der Waals surface area contributed by atoms with E-state index in [1.54, 1.807) is 0 Å². The first-order valence-corrected chi connectivity index (χ1v) is 54.7. The van der Waals surface area contributed by atoms with Crippen molar-refractivity contribution in [3.05, 3.63) is 194 Å². The molecule has 4 N–H and O–H groups in total. The lowest BCUT2D eigenvalue weighted by Gasteiger charge is -2.21. The molecule has 0 rings (SSSR count). The number of phosphoric ester groups is 2. The summed E-state index contributed by atoms with van der Waals surface area (Å²) in [5.74, 6) is -1.57. The number of carbonyl (C=O) groups is 3. The summed E-state index contributed by atoms with van der Waals surface area (Å²) < 4.78 is 61.7. The van der Waals surface area contributed by atoms with Crippen LogP contribution in [0.2, 0.25) is 0 Å². The molecule has 0 bridgehead atoms. The first-order valence-electron chi connectivity index (χ1n) is 51.7. The van der Waals surface area contributed by atoms with Crippen molar-refractivity contribution in [2.45, 2.75) is 450 Å². The molecule has 0 amide bonds. The number of esters is 3. The predicted octanol–water partition coefficient (Wildman–Crippen LogP) is 32.9. The van der Waals surface area contributed by atoms with Crippen LogP contribution in [-0.2, 0) is 55.8 Å². The first-order chi connectivity index (χ1) is 63.2. The topological polar surface area (TPSA) is 231 Å². The third-order valence-corrected chi connectivity index (χ3v) is 23.7. The van der Waals surface area contributed by atoms with Crippen molar-refractivity contribution in [3.63, 3.8) is 0 Å². The van der Waals surface area contributed by atoms with Crippen molar-refractivity contribution >= 4 is 33.6 Å². The Kier molecular flexibility index (Phi) is 97.0. The van der Waals surface area contributed by atoms with E-state index < -0.39 is 91.5 Å². The van der Waals surface area contributed by atoms with Gasteiger partial charge in [-0.15, -0.1) is 0 Å². The summed E-state index contributed by atoms with van der Waals surface area (Å²) in [6.45, 7) is 2.40. The van der Waals surface area contributed by atoms with Crippen LogP contribution in [0.5, 0.6) is 0 Å². The highest BCUT2D eigenvalue weighted by atomic mass is 31.2. The minimum Gasteiger partial charge on any atom is -0.463 e. The molecule has 0 aromatic heterocycles. The molecule has 0 aliphatic carbocycles. The van der Waals surface area contributed by atoms with E-state index >= 15 is 0 Å². The average Bonchev–Trinajstić information content (AvgIpc) is 0.896. The Bertz CT molecular complexity index is 3130. The average molecular weight is 1840 g/mol. The van der Waals surface area contributed by atoms with Gasteiger partial charge in [0, 0.05) is 19.3 Å². The smallest absolute Gasteiger partial charge is 0.463 e. The molecule has 129 heavy (non-hydrogen) atoms. The van der Waals surface area contributed by atoms with Crippen LogP contribution < -0.4 is 0 Å². The molecular formula is C111H188O16P2. The monoisotopic (exact) mass is 1840 g/mol. The van der Waals surface area contributed by atoms with Gasteiger partial charge in [-0.3, -0.25) is 32.5 Å². The fourth-order valence-corrected chi connectivity index (χ4v) is 15.7. The van der Waals surface area contributed by atoms with Gasteiger partial charge in [-0.1, -0.05) is 446 Å². The SMILES string of the molecule is CC/C=C\C/C=C\C/C=C\C/C=C\C/C=C\C/C=C\CCCCCCCCCCC(=O)OC(COC(=O)CCCCCCCCCCCCCCCCC/C=C\C/C=C\C/C=C\C/C=C\C/C=C\CC)COP(=O)(O)OCC(O)COP(=O)(O)OCC(O)COC(=O)CCCCCCCCCCCCCCCCCCCCC/C=C\C/C=C\C/C=C\C/C=C\C/C=C\CC. The van der Waals surface area contributed by atoms with Gasteiger partial charge in [0.1, 0.15) is 25.4 Å². The number of carbonyl (C=O) groups excluding carboxylic acids is 3. The molecule has 16 nitrogen and oxygen atoms in total. The number of aliphatic hydroxyl groups excluding tert-OH is 2. The van der Waals surface area contributed by atoms with E-state index in [0.29, 0.717) is 19.3 Å². The molecule has 0 aliphatic rings. The fourth-order valence-electron chi connectivity index (χ4n) is 14.1. The van der Waals surface area contributed by atoms with Gasteiger partial charge >= 0.3 is 33.6 Å². The maximum absolute atomic E-state index is 13.1. The third kappa shape index (κ3) is 103. The fraction of sp³-hybridized carbons (Fsp3) is 0.685. The van der Waals surface area contributed by atoms with Crippen LogP contribution in [0.4, 0.5) is 0 Å². The third-order valence-electron chi connectivity index (χ3n) is 21.8. The van der Waals surface area contributed by atoms with E-state index in [1.165, 1.54) is 186 Å². The van der Waals surface area contributed by atoms with Crippen LogP contribution in [-0.4, -0.2) is 95.9 Å². The highest BCUT2D eigenvalue weighted by Gasteiger charge is 2.30. The van der Waals surface area contributed by atoms with Gasteiger partial charge in [0.2, 0.25) is 0 Å². The van der Waals surface area contributed by atoms with E-state index in [2.05, 4.69) is 215 Å². The van der Waals surface area contributed by atoms with E-state index in [-0.39, 0.29) is 19.3 Å². The molecule has 0 radical (unpaired) electrons. The Morgan fingerprint density at radius 2 is 0.388 bits per heavy atom. The molecule has 18 heteroatoms. The molecule has 0 fully saturated rings. The van der Waals surface area contributed by atoms with Crippen molar-refractivity contribution in [1.29, 1.82) is 0 Å². The Morgan fingerprint density at radius 1 is 0.217 bits per heavy atom. The minimum absolute atomic E-state index is 0.0899. The normalized spacial score (nSPS) is 14.4. The molecule has 0 saturated heterocycles. The minimum atomic E-state index is -4.95. The van der Waals surface area contributed by atoms with Crippen LogP contribution in [0.3, 0.4) is 0 Å². The van der Waals surface area contributed by atoms with Crippen LogP contribution >= 0.6 is 15.6 Å². The van der Waals surface area contributed by atoms with Gasteiger partial charge < -0.3 is 34.2 Å². The lowest BCUT2D eigenvalue weighted by molar-refractivity contribution is -0.161. The molecule has 0 aromatic rings. The Labute approximate surface area is 788 Å². The number of rotatable bonds is 97. The molecular weight excluding hydrogens is 1650 g/mol. The number of ether oxygens (including phenoxy) is 3. The van der Waals surface area contributed by atoms with Crippen molar-refractivity contribution in [2.75, 3.05) is 39.6 Å². The van der Waals surface area contributed by atoms with Gasteiger partial charge in [0.15, 0.2) is 6.10 Å². The number of aliphatic hydroxyl groups is 2. The van der Waals surface area contributed by atoms with Crippen molar-refractivity contribution in [3.8, 4) is 0 Å². The van der Waals surface area contributed by atoms with Gasteiger partial charge in [-0.2, -0.15) is 0 Å². The first kappa shape index (κ1) is 123. The highest BCUT2D eigenvalue weighted by Crippen LogP contribution is 2.45. The second-order valence-corrected chi connectivity index (χ2v) is 37.1. The molecule has 5 unspecified atom stereocenters. The van der Waals surface area contributed by atoms with Crippen LogP contribution in [0.25, 0.3) is 0 Å². The van der Waals surface area contributed by atoms with Gasteiger partial charge in [-0.05, 0) is 161 Å². The summed E-state index contributed by atoms with van der Waals surface area (Å²) in [6.07, 6.45) is 136. The number of phosphoric acid groups is 2. The Balaban J connectivity index is 4.59. The maximum Gasteiger partial charge on any atom is 0.472 e. The van der Waals surface area contributed by atoms with E-state index in [4.69, 9.17) is 32.3 Å². The number of allylic oxidation sites excluding steroid dienone is 32. The highest BCUT2D eigenvalue weighted by molar-refractivity contribution is 7.47. The molecule has 0 aromatic carbocycles. The molecule has 0 saturated carbocycles. The van der Waals surface area contributed by atoms with Crippen LogP contribution in [0, 0.1) is 0 Å². The van der Waals surface area contributed by atoms with E-state index in [1.807, 2.05) is 0 Å². The van der Waals surface area contributed by atoms with Gasteiger partial charge in [0.05, 0.1) is 26.4 Å². The Morgan fingerprint density at radius 3 is 0.612 bits per heavy atom. The second-order valence-electron chi connectivity index (χ2n) is 34.2. The zero-order valence-corrected chi connectivity index (χ0v) is 83.6. The predicted molar refractivity (Wildman–Crippen MR) is 546 cm³/mol. The van der Waals surface area contributed by atoms with E-state index in [9.17, 15) is 43.5 Å². The molecule has 0 aliphatic heterocycles. The standard InChI is InChI=1S/C111H188O16P2/c1-4-7-10-13-16-19-22-25-28-31-34-37-40-43-46-48-50-51-52-53-55-57-59-61-64-67-70-73-76-79-82-85-88-91-94-97-109(114)121-100-106(112)101-123-128(117,118)124-102-107(113)103-125-129(119,120)126-105-108(127-111(116)99-96-93-90-87-84-81-78-75-72-69-66-63-58-45-42-39-36-33-30-27-24-21-18-15-12-9-6-3)104-122-110(115)98-95-92-89-86-83-80-77-74-71-68-65-62-60-56-54-49-47-44-41-38-35-32-29-26-23-20-17-14-11-8-5-2/h7-12,16-21,25-30,34-39,43-47,58,66,69,106-108,112-113H,4-6,13-15,22-24,31-33,40-42,48-57,59-65,67-68,70-105H2,1-3H3,(H,117,118)(H,119,120)/b10-7-,11-8-,12-9-,19-16-,20-17-,21-18-,28-25-,29-26-,30-27-,37-34-,38-35-,39-36-,46-43-,47-44-,58-45-,69-66-. The number of hydrogen-bond acceptors (Lipinski definition) is 14. The summed E-state index contributed by atoms with van der Waals surface area (Å²) >= 11 is 0. The zero-order chi connectivity index (χ0) is 93.5. The maximum atomic E-state index is 13.1. The van der Waals surface area contributed by atoms with Crippen molar-refractivity contribution in [1.82, 2.24) is 0 Å². The summed E-state index contributed by atoms with van der Waals surface area (Å²) in [7, 11) is -9.82. The van der Waals surface area contributed by atoms with Crippen LogP contribution in [0.1, 0.15) is 432 Å². The summed E-state index contributed by atoms with van der Waals surface area (Å²) in [5.41, 5.74) is 0. The van der Waals surface area contributed by atoms with E-state index in [0.717, 1.165) is 186 Å². The van der Waals surface area contributed by atoms with Gasteiger partial charge in [-0.25, -0.2) is 9.13 Å². The van der Waals surface area contributed by atoms with Crippen molar-refractivity contribution < 1.29 is 75.8 Å². The molecule has 0 spiro atoms. The van der Waals surface area contributed by atoms with Crippen molar-refractivity contribution in [2.24, 2.45) is 0 Å².